The van der Waals surface area contributed by atoms with Crippen molar-refractivity contribution < 1.29 is 9.90 Å². The summed E-state index contributed by atoms with van der Waals surface area (Å²) < 4.78 is 0. The third-order valence-electron chi connectivity index (χ3n) is 4.75. The molecule has 112 valence electrons. The zero-order valence-electron chi connectivity index (χ0n) is 12.4. The molecule has 0 unspecified atom stereocenters. The number of rotatable bonds is 3. The highest BCUT2D eigenvalue weighted by Gasteiger charge is 2.35. The third-order valence-corrected chi connectivity index (χ3v) is 4.75. The van der Waals surface area contributed by atoms with Crippen molar-refractivity contribution >= 4 is 16.8 Å². The number of hydrogen-bond donors (Lipinski definition) is 3. The van der Waals surface area contributed by atoms with Gasteiger partial charge in [0.15, 0.2) is 0 Å². The van der Waals surface area contributed by atoms with Crippen LogP contribution in [0.25, 0.3) is 10.9 Å². The summed E-state index contributed by atoms with van der Waals surface area (Å²) >= 11 is 0. The predicted molar refractivity (Wildman–Crippen MR) is 83.2 cm³/mol. The first-order chi connectivity index (χ1) is 10.1. The number of aromatic nitrogens is 1. The third kappa shape index (κ3) is 2.68. The van der Waals surface area contributed by atoms with Gasteiger partial charge in [-0.15, -0.1) is 0 Å². The van der Waals surface area contributed by atoms with E-state index in [-0.39, 0.29) is 12.5 Å². The monoisotopic (exact) mass is 286 g/mol. The number of H-pyrrole nitrogens is 1. The topological polar surface area (TPSA) is 65.1 Å². The van der Waals surface area contributed by atoms with Crippen molar-refractivity contribution in [2.24, 2.45) is 5.92 Å². The molecule has 4 heteroatoms. The van der Waals surface area contributed by atoms with Crippen molar-refractivity contribution in [3.63, 3.8) is 0 Å². The SMILES string of the molecule is CC1CCC(CO)(NC(=O)c2cccc3[nH]ccc23)CC1. The minimum atomic E-state index is -0.456. The number of aliphatic hydroxyl groups excluding tert-OH is 1. The zero-order valence-corrected chi connectivity index (χ0v) is 12.4. The minimum Gasteiger partial charge on any atom is -0.394 e. The molecule has 0 saturated heterocycles. The summed E-state index contributed by atoms with van der Waals surface area (Å²) in [5.74, 6) is 0.582. The standard InChI is InChI=1S/C17H22N2O2/c1-12-5-8-17(11-20,9-6-12)19-16(21)14-3-2-4-15-13(14)7-10-18-15/h2-4,7,10,12,18,20H,5-6,8-9,11H2,1H3,(H,19,21). The second-order valence-electron chi connectivity index (χ2n) is 6.32. The van der Waals surface area contributed by atoms with E-state index in [1.807, 2.05) is 30.5 Å². The molecule has 3 N–H and O–H groups in total. The lowest BCUT2D eigenvalue weighted by Crippen LogP contribution is -2.53. The van der Waals surface area contributed by atoms with Gasteiger partial charge in [-0.2, -0.15) is 0 Å². The number of carbonyl (C=O) groups is 1. The summed E-state index contributed by atoms with van der Waals surface area (Å²) in [6.45, 7) is 2.23. The smallest absolute Gasteiger partial charge is 0.252 e. The Kier molecular flexibility index (Phi) is 3.72. The van der Waals surface area contributed by atoms with Crippen LogP contribution in [0.4, 0.5) is 0 Å². The lowest BCUT2D eigenvalue weighted by Gasteiger charge is -2.38. The van der Waals surface area contributed by atoms with Crippen molar-refractivity contribution in [3.8, 4) is 0 Å². The van der Waals surface area contributed by atoms with E-state index in [2.05, 4.69) is 17.2 Å². The largest absolute Gasteiger partial charge is 0.394 e. The van der Waals surface area contributed by atoms with E-state index in [1.54, 1.807) is 0 Å². The Hall–Kier alpha value is -1.81. The number of amides is 1. The number of carbonyl (C=O) groups excluding carboxylic acids is 1. The molecule has 0 atom stereocenters. The molecule has 1 aromatic heterocycles. The van der Waals surface area contributed by atoms with Gasteiger partial charge in [0.2, 0.25) is 0 Å². The van der Waals surface area contributed by atoms with E-state index in [9.17, 15) is 9.90 Å². The number of nitrogens with one attached hydrogen (secondary N) is 2. The van der Waals surface area contributed by atoms with Gasteiger partial charge in [0.25, 0.3) is 5.91 Å². The summed E-state index contributed by atoms with van der Waals surface area (Å²) in [7, 11) is 0. The molecule has 0 aliphatic heterocycles. The molecule has 21 heavy (non-hydrogen) atoms. The average molecular weight is 286 g/mol. The molecular weight excluding hydrogens is 264 g/mol. The van der Waals surface area contributed by atoms with E-state index >= 15 is 0 Å². The van der Waals surface area contributed by atoms with Crippen LogP contribution in [0.3, 0.4) is 0 Å². The fraction of sp³-hybridized carbons (Fsp3) is 0.471. The van der Waals surface area contributed by atoms with Crippen molar-refractivity contribution in [1.29, 1.82) is 0 Å². The Labute approximate surface area is 124 Å². The van der Waals surface area contributed by atoms with Crippen LogP contribution >= 0.6 is 0 Å². The second-order valence-corrected chi connectivity index (χ2v) is 6.32. The van der Waals surface area contributed by atoms with Gasteiger partial charge in [0, 0.05) is 22.7 Å². The molecule has 0 radical (unpaired) electrons. The maximum atomic E-state index is 12.6. The molecule has 1 aromatic carbocycles. The van der Waals surface area contributed by atoms with Gasteiger partial charge in [-0.3, -0.25) is 4.79 Å². The van der Waals surface area contributed by atoms with Crippen LogP contribution in [-0.4, -0.2) is 28.1 Å². The molecule has 1 aliphatic rings. The molecule has 3 rings (SSSR count). The van der Waals surface area contributed by atoms with Crippen molar-refractivity contribution in [2.45, 2.75) is 38.1 Å². The van der Waals surface area contributed by atoms with Gasteiger partial charge >= 0.3 is 0 Å². The summed E-state index contributed by atoms with van der Waals surface area (Å²) in [4.78, 5) is 15.8. The molecule has 1 saturated carbocycles. The molecule has 4 nitrogen and oxygen atoms in total. The van der Waals surface area contributed by atoms with E-state index in [4.69, 9.17) is 0 Å². The fourth-order valence-corrected chi connectivity index (χ4v) is 3.23. The predicted octanol–water partition coefficient (Wildman–Crippen LogP) is 2.84. The molecule has 2 aromatic rings. The van der Waals surface area contributed by atoms with E-state index < -0.39 is 5.54 Å². The molecule has 1 amide bonds. The van der Waals surface area contributed by atoms with Gasteiger partial charge in [-0.1, -0.05) is 13.0 Å². The van der Waals surface area contributed by atoms with E-state index in [1.165, 1.54) is 0 Å². The number of hydrogen-bond acceptors (Lipinski definition) is 2. The van der Waals surface area contributed by atoms with Crippen LogP contribution in [0.2, 0.25) is 0 Å². The Morgan fingerprint density at radius 3 is 2.86 bits per heavy atom. The van der Waals surface area contributed by atoms with Gasteiger partial charge in [-0.25, -0.2) is 0 Å². The van der Waals surface area contributed by atoms with E-state index in [0.717, 1.165) is 36.6 Å². The highest BCUT2D eigenvalue weighted by atomic mass is 16.3. The normalized spacial score (nSPS) is 25.9. The van der Waals surface area contributed by atoms with Crippen LogP contribution < -0.4 is 5.32 Å². The first-order valence-corrected chi connectivity index (χ1v) is 7.63. The number of fused-ring (bicyclic) bond motifs is 1. The average Bonchev–Trinajstić information content (AvgIpc) is 2.98. The van der Waals surface area contributed by atoms with Gasteiger partial charge in [-0.05, 0) is 49.8 Å². The van der Waals surface area contributed by atoms with Crippen LogP contribution in [-0.2, 0) is 0 Å². The minimum absolute atomic E-state index is 0.00851. The van der Waals surface area contributed by atoms with Crippen LogP contribution in [0.1, 0.15) is 43.0 Å². The second kappa shape index (κ2) is 5.53. The number of benzene rings is 1. The Morgan fingerprint density at radius 2 is 2.14 bits per heavy atom. The number of aromatic amines is 1. The van der Waals surface area contributed by atoms with Crippen molar-refractivity contribution in [2.75, 3.05) is 6.61 Å². The number of aliphatic hydroxyl groups is 1. The lowest BCUT2D eigenvalue weighted by atomic mass is 9.77. The Balaban J connectivity index is 1.83. The first-order valence-electron chi connectivity index (χ1n) is 7.63. The van der Waals surface area contributed by atoms with Gasteiger partial charge < -0.3 is 15.4 Å². The summed E-state index contributed by atoms with van der Waals surface area (Å²) in [5.41, 5.74) is 1.17. The van der Waals surface area contributed by atoms with Crippen LogP contribution in [0.5, 0.6) is 0 Å². The van der Waals surface area contributed by atoms with Crippen LogP contribution in [0, 0.1) is 5.92 Å². The lowest BCUT2D eigenvalue weighted by molar-refractivity contribution is 0.0718. The van der Waals surface area contributed by atoms with Gasteiger partial charge in [0.05, 0.1) is 12.1 Å². The van der Waals surface area contributed by atoms with Crippen molar-refractivity contribution in [3.05, 3.63) is 36.0 Å². The molecule has 1 aliphatic carbocycles. The highest BCUT2D eigenvalue weighted by Crippen LogP contribution is 2.32. The Morgan fingerprint density at radius 1 is 1.38 bits per heavy atom. The quantitative estimate of drug-likeness (QED) is 0.812. The molecule has 0 bridgehead atoms. The molecule has 1 heterocycles. The highest BCUT2D eigenvalue weighted by molar-refractivity contribution is 6.06. The van der Waals surface area contributed by atoms with Gasteiger partial charge in [0.1, 0.15) is 0 Å². The maximum Gasteiger partial charge on any atom is 0.252 e. The summed E-state index contributed by atoms with van der Waals surface area (Å²) in [6, 6.07) is 7.58. The summed E-state index contributed by atoms with van der Waals surface area (Å²) in [5, 5.41) is 13.8. The summed E-state index contributed by atoms with van der Waals surface area (Å²) in [6.07, 6.45) is 5.63. The van der Waals surface area contributed by atoms with E-state index in [0.29, 0.717) is 11.5 Å². The van der Waals surface area contributed by atoms with Crippen molar-refractivity contribution in [1.82, 2.24) is 10.3 Å². The fourth-order valence-electron chi connectivity index (χ4n) is 3.23. The molecular formula is C17H22N2O2. The maximum absolute atomic E-state index is 12.6. The zero-order chi connectivity index (χ0) is 14.9. The van der Waals surface area contributed by atoms with Crippen LogP contribution in [0.15, 0.2) is 30.5 Å². The molecule has 1 fully saturated rings. The Bertz CT molecular complexity index is 639. The first kappa shape index (κ1) is 14.1. The molecule has 0 spiro atoms.